The minimum absolute atomic E-state index is 0.113. The van der Waals surface area contributed by atoms with Gasteiger partial charge in [-0.25, -0.2) is 0 Å². The first-order chi connectivity index (χ1) is 10.1. The van der Waals surface area contributed by atoms with Gasteiger partial charge in [0.1, 0.15) is 0 Å². The van der Waals surface area contributed by atoms with Crippen LogP contribution in [0.15, 0.2) is 24.3 Å². The molecule has 21 heavy (non-hydrogen) atoms. The van der Waals surface area contributed by atoms with Gasteiger partial charge in [-0.05, 0) is 68.7 Å². The first kappa shape index (κ1) is 15.1. The van der Waals surface area contributed by atoms with Gasteiger partial charge in [0.2, 0.25) is 0 Å². The molecular weight excluding hydrogens is 296 g/mol. The summed E-state index contributed by atoms with van der Waals surface area (Å²) in [7, 11) is 0. The molecule has 3 rings (SSSR count). The molecule has 1 aliphatic carbocycles. The second-order valence-corrected chi connectivity index (χ2v) is 7.95. The first-order valence-electron chi connectivity index (χ1n) is 7.95. The molecule has 1 unspecified atom stereocenters. The van der Waals surface area contributed by atoms with E-state index in [1.807, 2.05) is 11.3 Å². The SMILES string of the molecule is Cc1ccc(C)c(CC(Cl)c2cc3c(s2)CCCCC3)c1. The van der Waals surface area contributed by atoms with Crippen molar-refractivity contribution in [3.8, 4) is 0 Å². The largest absolute Gasteiger partial charge is 0.144 e. The number of aryl methyl sites for hydroxylation is 4. The molecular formula is C19H23ClS. The van der Waals surface area contributed by atoms with Crippen LogP contribution in [0.1, 0.15) is 56.6 Å². The van der Waals surface area contributed by atoms with Crippen LogP contribution >= 0.6 is 22.9 Å². The zero-order chi connectivity index (χ0) is 14.8. The highest BCUT2D eigenvalue weighted by Crippen LogP contribution is 2.36. The van der Waals surface area contributed by atoms with Crippen molar-refractivity contribution in [2.24, 2.45) is 0 Å². The molecule has 0 bridgehead atoms. The van der Waals surface area contributed by atoms with Crippen LogP contribution in [0, 0.1) is 13.8 Å². The third-order valence-corrected chi connectivity index (χ3v) is 6.35. The van der Waals surface area contributed by atoms with E-state index in [0.29, 0.717) is 0 Å². The number of alkyl halides is 1. The minimum atomic E-state index is 0.113. The molecule has 2 aromatic rings. The number of benzene rings is 1. The summed E-state index contributed by atoms with van der Waals surface area (Å²) in [6.07, 6.45) is 7.51. The van der Waals surface area contributed by atoms with Crippen LogP contribution in [0.3, 0.4) is 0 Å². The lowest BCUT2D eigenvalue weighted by Crippen LogP contribution is -1.97. The third kappa shape index (κ3) is 3.52. The van der Waals surface area contributed by atoms with E-state index in [2.05, 4.69) is 38.1 Å². The van der Waals surface area contributed by atoms with Crippen LogP contribution in [0.2, 0.25) is 0 Å². The monoisotopic (exact) mass is 318 g/mol. The van der Waals surface area contributed by atoms with Crippen molar-refractivity contribution in [1.82, 2.24) is 0 Å². The third-order valence-electron chi connectivity index (χ3n) is 4.48. The average Bonchev–Trinajstić information content (AvgIpc) is 2.74. The Morgan fingerprint density at radius 2 is 1.90 bits per heavy atom. The van der Waals surface area contributed by atoms with E-state index in [1.165, 1.54) is 53.7 Å². The maximum Gasteiger partial charge on any atom is 0.0719 e. The molecule has 1 aromatic heterocycles. The summed E-state index contributed by atoms with van der Waals surface area (Å²) in [6.45, 7) is 4.33. The molecule has 0 amide bonds. The Labute approximate surface area is 137 Å². The highest BCUT2D eigenvalue weighted by molar-refractivity contribution is 7.12. The van der Waals surface area contributed by atoms with E-state index in [0.717, 1.165) is 6.42 Å². The van der Waals surface area contributed by atoms with Gasteiger partial charge in [0.15, 0.2) is 0 Å². The number of hydrogen-bond donors (Lipinski definition) is 0. The van der Waals surface area contributed by atoms with Crippen molar-refractivity contribution in [2.75, 3.05) is 0 Å². The smallest absolute Gasteiger partial charge is 0.0719 e. The van der Waals surface area contributed by atoms with E-state index >= 15 is 0 Å². The number of fused-ring (bicyclic) bond motifs is 1. The second-order valence-electron chi connectivity index (χ2n) is 6.26. The summed E-state index contributed by atoms with van der Waals surface area (Å²) < 4.78 is 0. The van der Waals surface area contributed by atoms with E-state index in [-0.39, 0.29) is 5.38 Å². The molecule has 1 aliphatic rings. The molecule has 1 heterocycles. The van der Waals surface area contributed by atoms with E-state index in [9.17, 15) is 0 Å². The highest BCUT2D eigenvalue weighted by atomic mass is 35.5. The molecule has 0 aliphatic heterocycles. The van der Waals surface area contributed by atoms with E-state index < -0.39 is 0 Å². The Kier molecular flexibility index (Phi) is 4.71. The Bertz CT molecular complexity index is 603. The summed E-state index contributed by atoms with van der Waals surface area (Å²) >= 11 is 8.69. The normalized spacial score (nSPS) is 16.3. The first-order valence-corrected chi connectivity index (χ1v) is 9.20. The van der Waals surface area contributed by atoms with Gasteiger partial charge in [0.25, 0.3) is 0 Å². The number of halogens is 1. The Hall–Kier alpha value is -0.790. The zero-order valence-electron chi connectivity index (χ0n) is 12.9. The highest BCUT2D eigenvalue weighted by Gasteiger charge is 2.18. The summed E-state index contributed by atoms with van der Waals surface area (Å²) in [5, 5.41) is 0.113. The van der Waals surface area contributed by atoms with Crippen LogP contribution in [-0.4, -0.2) is 0 Å². The van der Waals surface area contributed by atoms with Gasteiger partial charge in [-0.3, -0.25) is 0 Å². The fourth-order valence-corrected chi connectivity index (χ4v) is 4.76. The lowest BCUT2D eigenvalue weighted by molar-refractivity contribution is 0.712. The summed E-state index contributed by atoms with van der Waals surface area (Å²) in [5.74, 6) is 0. The van der Waals surface area contributed by atoms with E-state index in [4.69, 9.17) is 11.6 Å². The molecule has 112 valence electrons. The zero-order valence-corrected chi connectivity index (χ0v) is 14.5. The van der Waals surface area contributed by atoms with Crippen molar-refractivity contribution in [3.63, 3.8) is 0 Å². The van der Waals surface area contributed by atoms with E-state index in [1.54, 1.807) is 10.4 Å². The fraction of sp³-hybridized carbons (Fsp3) is 0.474. The molecule has 0 nitrogen and oxygen atoms in total. The van der Waals surface area contributed by atoms with Crippen molar-refractivity contribution < 1.29 is 0 Å². The minimum Gasteiger partial charge on any atom is -0.144 e. The van der Waals surface area contributed by atoms with Crippen LogP contribution in [0.4, 0.5) is 0 Å². The molecule has 0 spiro atoms. The fourth-order valence-electron chi connectivity index (χ4n) is 3.16. The van der Waals surface area contributed by atoms with Crippen molar-refractivity contribution in [3.05, 3.63) is 56.3 Å². The van der Waals surface area contributed by atoms with Crippen LogP contribution in [0.25, 0.3) is 0 Å². The van der Waals surface area contributed by atoms with Gasteiger partial charge in [0.05, 0.1) is 5.38 Å². The van der Waals surface area contributed by atoms with Crippen molar-refractivity contribution in [2.45, 2.75) is 57.7 Å². The summed E-state index contributed by atoms with van der Waals surface area (Å²) in [4.78, 5) is 2.96. The van der Waals surface area contributed by atoms with Gasteiger partial charge in [-0.2, -0.15) is 0 Å². The molecule has 0 N–H and O–H groups in total. The van der Waals surface area contributed by atoms with Gasteiger partial charge in [-0.1, -0.05) is 30.2 Å². The average molecular weight is 319 g/mol. The number of hydrogen-bond acceptors (Lipinski definition) is 1. The second kappa shape index (κ2) is 6.54. The van der Waals surface area contributed by atoms with Gasteiger partial charge in [-0.15, -0.1) is 22.9 Å². The number of rotatable bonds is 3. The predicted octanol–water partition coefficient (Wildman–Crippen LogP) is 6.16. The predicted molar refractivity (Wildman–Crippen MR) is 93.8 cm³/mol. The Morgan fingerprint density at radius 1 is 1.10 bits per heavy atom. The molecule has 1 aromatic carbocycles. The molecule has 2 heteroatoms. The molecule has 1 atom stereocenters. The maximum atomic E-state index is 6.74. The Morgan fingerprint density at radius 3 is 2.76 bits per heavy atom. The topological polar surface area (TPSA) is 0 Å². The van der Waals surface area contributed by atoms with Crippen LogP contribution in [-0.2, 0) is 19.3 Å². The van der Waals surface area contributed by atoms with Crippen LogP contribution in [0.5, 0.6) is 0 Å². The quantitative estimate of drug-likeness (QED) is 0.470. The van der Waals surface area contributed by atoms with Crippen molar-refractivity contribution in [1.29, 1.82) is 0 Å². The van der Waals surface area contributed by atoms with Crippen molar-refractivity contribution >= 4 is 22.9 Å². The maximum absolute atomic E-state index is 6.74. The summed E-state index contributed by atoms with van der Waals surface area (Å²) in [6, 6.07) is 9.05. The van der Waals surface area contributed by atoms with Gasteiger partial charge >= 0.3 is 0 Å². The molecule has 0 radical (unpaired) electrons. The summed E-state index contributed by atoms with van der Waals surface area (Å²) in [5.41, 5.74) is 5.63. The van der Waals surface area contributed by atoms with Gasteiger partial charge in [0, 0.05) is 9.75 Å². The molecule has 0 saturated carbocycles. The number of thiophene rings is 1. The molecule has 0 saturated heterocycles. The molecule has 0 fully saturated rings. The standard InChI is InChI=1S/C19H23ClS/c1-13-8-9-14(2)16(10-13)11-17(20)19-12-15-6-4-3-5-7-18(15)21-19/h8-10,12,17H,3-7,11H2,1-2H3. The lowest BCUT2D eigenvalue weighted by Gasteiger charge is -2.11. The Balaban J connectivity index is 1.79. The lowest BCUT2D eigenvalue weighted by atomic mass is 10.0. The van der Waals surface area contributed by atoms with Gasteiger partial charge < -0.3 is 0 Å². The van der Waals surface area contributed by atoms with Crippen LogP contribution < -0.4 is 0 Å².